The smallest absolute Gasteiger partial charge is 0.387 e. The number of carbonyl (C=O) groups is 1. The fourth-order valence-electron chi connectivity index (χ4n) is 1.86. The third-order valence-corrected chi connectivity index (χ3v) is 3.40. The number of alkyl halides is 2. The number of carbonyl (C=O) groups excluding carboxylic acids is 1. The minimum absolute atomic E-state index is 0.0321. The van der Waals surface area contributed by atoms with Crippen LogP contribution in [0.1, 0.15) is 12.1 Å². The van der Waals surface area contributed by atoms with Gasteiger partial charge in [-0.3, -0.25) is 9.48 Å². The molecule has 1 N–H and O–H groups in total. The van der Waals surface area contributed by atoms with Crippen LogP contribution in [0.15, 0.2) is 24.4 Å². The summed E-state index contributed by atoms with van der Waals surface area (Å²) < 4.78 is 43.4. The molecule has 9 heteroatoms. The highest BCUT2D eigenvalue weighted by Crippen LogP contribution is 2.27. The van der Waals surface area contributed by atoms with E-state index in [-0.39, 0.29) is 18.7 Å². The van der Waals surface area contributed by atoms with Crippen LogP contribution < -0.4 is 10.1 Å². The summed E-state index contributed by atoms with van der Waals surface area (Å²) in [7, 11) is 0. The van der Waals surface area contributed by atoms with Gasteiger partial charge >= 0.3 is 6.61 Å². The zero-order valence-electron chi connectivity index (χ0n) is 12.0. The van der Waals surface area contributed by atoms with Gasteiger partial charge in [0.2, 0.25) is 5.91 Å². The van der Waals surface area contributed by atoms with Gasteiger partial charge in [-0.15, -0.1) is 0 Å². The van der Waals surface area contributed by atoms with Crippen LogP contribution in [0.25, 0.3) is 0 Å². The second-order valence-corrected chi connectivity index (χ2v) is 5.03. The molecule has 0 aliphatic rings. The van der Waals surface area contributed by atoms with Crippen molar-refractivity contribution in [2.24, 2.45) is 0 Å². The predicted octanol–water partition coefficient (Wildman–Crippen LogP) is 3.61. The summed E-state index contributed by atoms with van der Waals surface area (Å²) in [5.41, 5.74) is 0.676. The van der Waals surface area contributed by atoms with E-state index in [0.717, 1.165) is 18.2 Å². The van der Waals surface area contributed by atoms with Crippen LogP contribution in [0, 0.1) is 12.7 Å². The van der Waals surface area contributed by atoms with Gasteiger partial charge in [0.05, 0.1) is 29.1 Å². The molecule has 1 amide bonds. The molecule has 0 atom stereocenters. The first kappa shape index (κ1) is 17.1. The Hall–Kier alpha value is -2.22. The van der Waals surface area contributed by atoms with Crippen molar-refractivity contribution >= 4 is 23.2 Å². The number of aromatic nitrogens is 2. The number of halogens is 4. The molecule has 1 aromatic heterocycles. The Morgan fingerprint density at radius 3 is 2.83 bits per heavy atom. The van der Waals surface area contributed by atoms with Crippen molar-refractivity contribution in [1.29, 1.82) is 0 Å². The van der Waals surface area contributed by atoms with Crippen molar-refractivity contribution in [3.8, 4) is 5.75 Å². The maximum Gasteiger partial charge on any atom is 0.387 e. The molecule has 0 bridgehead atoms. The van der Waals surface area contributed by atoms with Gasteiger partial charge in [-0.1, -0.05) is 11.6 Å². The number of rotatable bonds is 6. The fraction of sp³-hybridized carbons (Fsp3) is 0.286. The van der Waals surface area contributed by atoms with Gasteiger partial charge in [0.15, 0.2) is 5.75 Å². The number of nitrogens with zero attached hydrogens (tertiary/aromatic N) is 2. The third-order valence-electron chi connectivity index (χ3n) is 3.03. The average molecular weight is 348 g/mol. The standard InChI is InChI=1S/C14H13ClF3N3O2/c1-8-10(15)7-19-21(8)5-4-13(22)20-11-3-2-9(16)6-12(11)23-14(17)18/h2-3,6-7,14H,4-5H2,1H3,(H,20,22). The monoisotopic (exact) mass is 347 g/mol. The average Bonchev–Trinajstić information content (AvgIpc) is 2.79. The van der Waals surface area contributed by atoms with E-state index in [1.807, 2.05) is 0 Å². The van der Waals surface area contributed by atoms with E-state index in [1.165, 1.54) is 6.20 Å². The molecule has 0 aliphatic heterocycles. The molecule has 0 spiro atoms. The lowest BCUT2D eigenvalue weighted by Crippen LogP contribution is -2.16. The van der Waals surface area contributed by atoms with Gasteiger partial charge in [0.25, 0.3) is 0 Å². The lowest BCUT2D eigenvalue weighted by molar-refractivity contribution is -0.116. The number of hydrogen-bond donors (Lipinski definition) is 1. The highest BCUT2D eigenvalue weighted by Gasteiger charge is 2.14. The van der Waals surface area contributed by atoms with Gasteiger partial charge in [-0.05, 0) is 19.1 Å². The molecule has 0 radical (unpaired) electrons. The largest absolute Gasteiger partial charge is 0.432 e. The Labute approximate surface area is 135 Å². The van der Waals surface area contributed by atoms with E-state index in [2.05, 4.69) is 15.2 Å². The maximum atomic E-state index is 13.1. The van der Waals surface area contributed by atoms with Gasteiger partial charge in [-0.25, -0.2) is 4.39 Å². The fourth-order valence-corrected chi connectivity index (χ4v) is 2.00. The summed E-state index contributed by atoms with van der Waals surface area (Å²) in [4.78, 5) is 11.9. The summed E-state index contributed by atoms with van der Waals surface area (Å²) in [6.45, 7) is -1.11. The van der Waals surface area contributed by atoms with Crippen LogP contribution in [0.2, 0.25) is 5.02 Å². The number of benzene rings is 1. The van der Waals surface area contributed by atoms with Gasteiger partial charge in [-0.2, -0.15) is 13.9 Å². The lowest BCUT2D eigenvalue weighted by atomic mass is 10.2. The molecule has 1 heterocycles. The van der Waals surface area contributed by atoms with Crippen LogP contribution in [-0.2, 0) is 11.3 Å². The van der Waals surface area contributed by atoms with Crippen LogP contribution >= 0.6 is 11.6 Å². The quantitative estimate of drug-likeness (QED) is 0.868. The Morgan fingerprint density at radius 1 is 1.48 bits per heavy atom. The van der Waals surface area contributed by atoms with Crippen LogP contribution in [0.3, 0.4) is 0 Å². The molecule has 2 aromatic rings. The van der Waals surface area contributed by atoms with Gasteiger partial charge in [0.1, 0.15) is 5.82 Å². The normalized spacial score (nSPS) is 10.9. The molecule has 0 unspecified atom stereocenters. The first-order chi connectivity index (χ1) is 10.9. The Bertz CT molecular complexity index is 707. The van der Waals surface area contributed by atoms with Crippen molar-refractivity contribution in [1.82, 2.24) is 9.78 Å². The Kier molecular flexibility index (Phi) is 5.49. The van der Waals surface area contributed by atoms with Gasteiger partial charge in [0, 0.05) is 12.5 Å². The molecule has 23 heavy (non-hydrogen) atoms. The zero-order chi connectivity index (χ0) is 17.0. The highest BCUT2D eigenvalue weighted by molar-refractivity contribution is 6.31. The lowest BCUT2D eigenvalue weighted by Gasteiger charge is -2.12. The predicted molar refractivity (Wildman–Crippen MR) is 78.3 cm³/mol. The number of nitrogens with one attached hydrogen (secondary N) is 1. The number of amides is 1. The molecular weight excluding hydrogens is 335 g/mol. The number of aryl methyl sites for hydroxylation is 1. The molecule has 0 fully saturated rings. The first-order valence-electron chi connectivity index (χ1n) is 6.59. The second-order valence-electron chi connectivity index (χ2n) is 4.62. The van der Waals surface area contributed by atoms with Crippen molar-refractivity contribution in [3.63, 3.8) is 0 Å². The molecule has 5 nitrogen and oxygen atoms in total. The minimum atomic E-state index is -3.12. The summed E-state index contributed by atoms with van der Waals surface area (Å²) in [5.74, 6) is -1.64. The van der Waals surface area contributed by atoms with E-state index in [9.17, 15) is 18.0 Å². The summed E-state index contributed by atoms with van der Waals surface area (Å²) in [6, 6.07) is 2.96. The second kappa shape index (κ2) is 7.36. The number of ether oxygens (including phenoxy) is 1. The summed E-state index contributed by atoms with van der Waals surface area (Å²) in [5, 5.41) is 6.88. The number of hydrogen-bond acceptors (Lipinski definition) is 3. The molecule has 124 valence electrons. The van der Waals surface area contributed by atoms with E-state index in [4.69, 9.17) is 11.6 Å². The van der Waals surface area contributed by atoms with Crippen LogP contribution in [0.4, 0.5) is 18.9 Å². The van der Waals surface area contributed by atoms with Crippen molar-refractivity contribution in [2.75, 3.05) is 5.32 Å². The topological polar surface area (TPSA) is 56.2 Å². The summed E-state index contributed by atoms with van der Waals surface area (Å²) >= 11 is 5.85. The SMILES string of the molecule is Cc1c(Cl)cnn1CCC(=O)Nc1ccc(F)cc1OC(F)F. The third kappa shape index (κ3) is 4.62. The molecule has 1 aromatic carbocycles. The molecule has 0 saturated carbocycles. The van der Waals surface area contributed by atoms with E-state index < -0.39 is 24.1 Å². The highest BCUT2D eigenvalue weighted by atomic mass is 35.5. The minimum Gasteiger partial charge on any atom is -0.432 e. The molecule has 0 aliphatic carbocycles. The molecule has 0 saturated heterocycles. The maximum absolute atomic E-state index is 13.1. The van der Waals surface area contributed by atoms with Crippen molar-refractivity contribution in [2.45, 2.75) is 26.5 Å². The summed E-state index contributed by atoms with van der Waals surface area (Å²) in [6.07, 6.45) is 1.49. The van der Waals surface area contributed by atoms with E-state index >= 15 is 0 Å². The van der Waals surface area contributed by atoms with Gasteiger partial charge < -0.3 is 10.1 Å². The number of anilines is 1. The van der Waals surface area contributed by atoms with Crippen LogP contribution in [0.5, 0.6) is 5.75 Å². The van der Waals surface area contributed by atoms with Crippen molar-refractivity contribution < 1.29 is 22.7 Å². The molecule has 2 rings (SSSR count). The molecular formula is C14H13ClF3N3O2. The van der Waals surface area contributed by atoms with Crippen LogP contribution in [-0.4, -0.2) is 22.3 Å². The Balaban J connectivity index is 2.01. The van der Waals surface area contributed by atoms with E-state index in [0.29, 0.717) is 10.7 Å². The Morgan fingerprint density at radius 2 is 2.22 bits per heavy atom. The van der Waals surface area contributed by atoms with E-state index in [1.54, 1.807) is 11.6 Å². The van der Waals surface area contributed by atoms with Crippen molar-refractivity contribution in [3.05, 3.63) is 40.9 Å². The zero-order valence-corrected chi connectivity index (χ0v) is 12.8. The first-order valence-corrected chi connectivity index (χ1v) is 6.96.